The van der Waals surface area contributed by atoms with Crippen LogP contribution in [0.4, 0.5) is 0 Å². The molecule has 0 aromatic rings. The second-order valence-corrected chi connectivity index (χ2v) is 6.68. The molecule has 0 radical (unpaired) electrons. The molecule has 7 heteroatoms. The predicted molar refractivity (Wildman–Crippen MR) is 73.0 cm³/mol. The molecule has 1 aliphatic rings. The highest BCUT2D eigenvalue weighted by Crippen LogP contribution is 2.26. The standard InChI is InChI=1S/C12H24N2O4S/c1-2-18-12(15)9-19(16,17)14-11(8-13)10-6-4-3-5-7-10/h10-11,14H,2-9,13H2,1H3. The first-order valence-corrected chi connectivity index (χ1v) is 8.49. The zero-order valence-corrected chi connectivity index (χ0v) is 12.2. The van der Waals surface area contributed by atoms with Gasteiger partial charge in [-0.3, -0.25) is 4.79 Å². The van der Waals surface area contributed by atoms with E-state index < -0.39 is 21.7 Å². The first-order chi connectivity index (χ1) is 8.98. The Labute approximate surface area is 115 Å². The molecule has 0 spiro atoms. The molecule has 0 aliphatic heterocycles. The summed E-state index contributed by atoms with van der Waals surface area (Å²) in [6, 6.07) is -0.278. The number of nitrogens with one attached hydrogen (secondary N) is 1. The third-order valence-electron chi connectivity index (χ3n) is 3.42. The molecule has 0 aromatic heterocycles. The number of rotatable bonds is 7. The Hall–Kier alpha value is -0.660. The van der Waals surface area contributed by atoms with Gasteiger partial charge in [0.25, 0.3) is 0 Å². The molecule has 6 nitrogen and oxygen atoms in total. The van der Waals surface area contributed by atoms with Crippen LogP contribution in [0.1, 0.15) is 39.0 Å². The summed E-state index contributed by atoms with van der Waals surface area (Å²) in [5.41, 5.74) is 5.66. The van der Waals surface area contributed by atoms with Gasteiger partial charge in [-0.15, -0.1) is 0 Å². The van der Waals surface area contributed by atoms with Crippen LogP contribution in [0.3, 0.4) is 0 Å². The average Bonchev–Trinajstić information content (AvgIpc) is 2.36. The minimum atomic E-state index is -3.67. The van der Waals surface area contributed by atoms with Crippen LogP contribution >= 0.6 is 0 Å². The van der Waals surface area contributed by atoms with Crippen molar-refractivity contribution in [2.24, 2.45) is 11.7 Å². The number of hydrogen-bond acceptors (Lipinski definition) is 5. The van der Waals surface area contributed by atoms with Crippen molar-refractivity contribution in [2.45, 2.75) is 45.1 Å². The Balaban J connectivity index is 2.55. The van der Waals surface area contributed by atoms with Gasteiger partial charge in [-0.25, -0.2) is 13.1 Å². The Bertz CT molecular complexity index is 377. The van der Waals surface area contributed by atoms with E-state index in [4.69, 9.17) is 5.73 Å². The second-order valence-electron chi connectivity index (χ2n) is 4.92. The van der Waals surface area contributed by atoms with Gasteiger partial charge < -0.3 is 10.5 Å². The van der Waals surface area contributed by atoms with Crippen molar-refractivity contribution in [2.75, 3.05) is 18.9 Å². The highest BCUT2D eigenvalue weighted by molar-refractivity contribution is 7.90. The molecule has 0 heterocycles. The van der Waals surface area contributed by atoms with Gasteiger partial charge in [0.05, 0.1) is 6.61 Å². The van der Waals surface area contributed by atoms with Crippen LogP contribution in [0.5, 0.6) is 0 Å². The molecule has 1 unspecified atom stereocenters. The second kappa shape index (κ2) is 7.81. The molecule has 1 fully saturated rings. The van der Waals surface area contributed by atoms with Gasteiger partial charge in [0.15, 0.2) is 5.75 Å². The number of esters is 1. The number of carbonyl (C=O) groups excluding carboxylic acids is 1. The van der Waals surface area contributed by atoms with Crippen LogP contribution in [0.25, 0.3) is 0 Å². The molecule has 112 valence electrons. The van der Waals surface area contributed by atoms with E-state index in [0.29, 0.717) is 0 Å². The number of nitrogens with two attached hydrogens (primary N) is 1. The molecule has 0 saturated heterocycles. The van der Waals surface area contributed by atoms with Gasteiger partial charge >= 0.3 is 5.97 Å². The summed E-state index contributed by atoms with van der Waals surface area (Å²) in [6.07, 6.45) is 5.40. The van der Waals surface area contributed by atoms with Gasteiger partial charge in [0, 0.05) is 12.6 Å². The van der Waals surface area contributed by atoms with Crippen LogP contribution in [0.2, 0.25) is 0 Å². The molecule has 3 N–H and O–H groups in total. The maximum absolute atomic E-state index is 11.9. The number of hydrogen-bond donors (Lipinski definition) is 2. The minimum absolute atomic E-state index is 0.178. The van der Waals surface area contributed by atoms with Crippen LogP contribution in [0.15, 0.2) is 0 Å². The summed E-state index contributed by atoms with van der Waals surface area (Å²) < 4.78 is 30.9. The molecule has 1 aliphatic carbocycles. The molecular weight excluding hydrogens is 268 g/mol. The summed E-state index contributed by atoms with van der Waals surface area (Å²) in [4.78, 5) is 11.2. The first-order valence-electron chi connectivity index (χ1n) is 6.84. The normalized spacial score (nSPS) is 19.1. The van der Waals surface area contributed by atoms with Crippen LogP contribution in [0, 0.1) is 5.92 Å². The molecule has 1 saturated carbocycles. The quantitative estimate of drug-likeness (QED) is 0.661. The average molecular weight is 292 g/mol. The maximum Gasteiger partial charge on any atom is 0.322 e. The fourth-order valence-electron chi connectivity index (χ4n) is 2.50. The highest BCUT2D eigenvalue weighted by Gasteiger charge is 2.28. The predicted octanol–water partition coefficient (Wildman–Crippen LogP) is 0.377. The maximum atomic E-state index is 11.9. The number of ether oxygens (including phenoxy) is 1. The van der Waals surface area contributed by atoms with Crippen molar-refractivity contribution in [3.8, 4) is 0 Å². The number of carbonyl (C=O) groups is 1. The summed E-state index contributed by atoms with van der Waals surface area (Å²) in [6.45, 7) is 2.08. The van der Waals surface area contributed by atoms with Gasteiger partial charge in [0.2, 0.25) is 10.0 Å². The Kier molecular flexibility index (Phi) is 6.74. The minimum Gasteiger partial charge on any atom is -0.465 e. The van der Waals surface area contributed by atoms with E-state index in [0.717, 1.165) is 25.7 Å². The fraction of sp³-hybridized carbons (Fsp3) is 0.917. The molecule has 1 atom stereocenters. The number of sulfonamides is 1. The lowest BCUT2D eigenvalue weighted by molar-refractivity contribution is -0.139. The van der Waals surface area contributed by atoms with E-state index in [1.807, 2.05) is 0 Å². The Morgan fingerprint density at radius 3 is 2.53 bits per heavy atom. The first kappa shape index (κ1) is 16.4. The molecule has 0 bridgehead atoms. The van der Waals surface area contributed by atoms with Gasteiger partial charge in [-0.1, -0.05) is 19.3 Å². The zero-order valence-electron chi connectivity index (χ0n) is 11.4. The van der Waals surface area contributed by atoms with Crippen LogP contribution in [-0.4, -0.2) is 39.3 Å². The summed E-state index contributed by atoms with van der Waals surface area (Å²) in [7, 11) is -3.67. The van der Waals surface area contributed by atoms with Crippen molar-refractivity contribution in [3.05, 3.63) is 0 Å². The topological polar surface area (TPSA) is 98.5 Å². The van der Waals surface area contributed by atoms with Crippen molar-refractivity contribution in [1.29, 1.82) is 0 Å². The Morgan fingerprint density at radius 2 is 2.00 bits per heavy atom. The van der Waals surface area contributed by atoms with Gasteiger partial charge in [-0.2, -0.15) is 0 Å². The lowest BCUT2D eigenvalue weighted by Crippen LogP contribution is -2.47. The van der Waals surface area contributed by atoms with Crippen LogP contribution < -0.4 is 10.5 Å². The van der Waals surface area contributed by atoms with Crippen molar-refractivity contribution in [1.82, 2.24) is 4.72 Å². The molecule has 19 heavy (non-hydrogen) atoms. The van der Waals surface area contributed by atoms with E-state index in [1.54, 1.807) is 6.92 Å². The zero-order chi connectivity index (χ0) is 14.3. The molecule has 1 rings (SSSR count). The lowest BCUT2D eigenvalue weighted by Gasteiger charge is -2.29. The smallest absolute Gasteiger partial charge is 0.322 e. The van der Waals surface area contributed by atoms with Crippen molar-refractivity contribution < 1.29 is 17.9 Å². The van der Waals surface area contributed by atoms with Crippen molar-refractivity contribution in [3.63, 3.8) is 0 Å². The molecule has 0 amide bonds. The highest BCUT2D eigenvalue weighted by atomic mass is 32.2. The summed E-state index contributed by atoms with van der Waals surface area (Å²) in [5, 5.41) is 0. The van der Waals surface area contributed by atoms with E-state index in [-0.39, 0.29) is 25.1 Å². The van der Waals surface area contributed by atoms with E-state index in [1.165, 1.54) is 6.42 Å². The van der Waals surface area contributed by atoms with E-state index in [9.17, 15) is 13.2 Å². The van der Waals surface area contributed by atoms with Crippen LogP contribution in [-0.2, 0) is 19.6 Å². The molecule has 0 aromatic carbocycles. The van der Waals surface area contributed by atoms with E-state index >= 15 is 0 Å². The fourth-order valence-corrected chi connectivity index (χ4v) is 3.73. The summed E-state index contributed by atoms with van der Waals surface area (Å²) in [5.74, 6) is -1.09. The van der Waals surface area contributed by atoms with Gasteiger partial charge in [-0.05, 0) is 25.7 Å². The lowest BCUT2D eigenvalue weighted by atomic mass is 9.84. The van der Waals surface area contributed by atoms with E-state index in [2.05, 4.69) is 9.46 Å². The Morgan fingerprint density at radius 1 is 1.37 bits per heavy atom. The third-order valence-corrected chi connectivity index (χ3v) is 4.69. The third kappa shape index (κ3) is 5.88. The van der Waals surface area contributed by atoms with Gasteiger partial charge in [0.1, 0.15) is 0 Å². The largest absolute Gasteiger partial charge is 0.465 e. The molecular formula is C12H24N2O4S. The van der Waals surface area contributed by atoms with Crippen molar-refractivity contribution >= 4 is 16.0 Å². The SMILES string of the molecule is CCOC(=O)CS(=O)(=O)NC(CN)C1CCCCC1. The monoisotopic (exact) mass is 292 g/mol. The summed E-state index contributed by atoms with van der Waals surface area (Å²) >= 11 is 0.